The summed E-state index contributed by atoms with van der Waals surface area (Å²) in [6.45, 7) is -0.00668. The van der Waals surface area contributed by atoms with Crippen molar-refractivity contribution in [3.05, 3.63) is 34.3 Å². The molecule has 1 heterocycles. The molecule has 0 saturated carbocycles. The molecule has 0 radical (unpaired) electrons. The summed E-state index contributed by atoms with van der Waals surface area (Å²) in [7, 11) is 0. The first-order valence-electron chi connectivity index (χ1n) is 5.05. The van der Waals surface area contributed by atoms with Crippen molar-refractivity contribution in [1.82, 2.24) is 9.97 Å². The van der Waals surface area contributed by atoms with E-state index in [1.54, 1.807) is 0 Å². The first-order valence-corrected chi connectivity index (χ1v) is 6.66. The summed E-state index contributed by atoms with van der Waals surface area (Å²) in [5, 5.41) is 9.57. The standard InChI is InChI=1S/C11H11BrN4OS/c12-8-3-7(2-1-6(8)5-17)18-11-15-9(13)4-10(14)16-11/h1-4,17H,5H2,(H4,13,14,15,16). The number of aliphatic hydroxyl groups is 1. The van der Waals surface area contributed by atoms with Gasteiger partial charge in [-0.25, -0.2) is 9.97 Å². The fraction of sp³-hybridized carbons (Fsp3) is 0.0909. The van der Waals surface area contributed by atoms with Crippen LogP contribution in [-0.2, 0) is 6.61 Å². The van der Waals surface area contributed by atoms with Crippen LogP contribution in [0.15, 0.2) is 38.8 Å². The molecule has 94 valence electrons. The van der Waals surface area contributed by atoms with E-state index in [2.05, 4.69) is 25.9 Å². The van der Waals surface area contributed by atoms with Crippen LogP contribution in [-0.4, -0.2) is 15.1 Å². The van der Waals surface area contributed by atoms with Crippen LogP contribution in [0.3, 0.4) is 0 Å². The van der Waals surface area contributed by atoms with Crippen molar-refractivity contribution in [3.63, 3.8) is 0 Å². The van der Waals surface area contributed by atoms with Gasteiger partial charge in [0.15, 0.2) is 5.16 Å². The van der Waals surface area contributed by atoms with Gasteiger partial charge in [0.2, 0.25) is 0 Å². The van der Waals surface area contributed by atoms with Gasteiger partial charge in [-0.05, 0) is 29.5 Å². The predicted octanol–water partition coefficient (Wildman–Crippen LogP) is 2.05. The van der Waals surface area contributed by atoms with E-state index in [4.69, 9.17) is 16.6 Å². The molecule has 0 aliphatic carbocycles. The molecule has 1 aromatic heterocycles. The van der Waals surface area contributed by atoms with Crippen molar-refractivity contribution in [2.75, 3.05) is 11.5 Å². The summed E-state index contributed by atoms with van der Waals surface area (Å²) in [4.78, 5) is 9.11. The molecular weight excluding hydrogens is 316 g/mol. The lowest BCUT2D eigenvalue weighted by Crippen LogP contribution is -1.99. The van der Waals surface area contributed by atoms with E-state index in [1.807, 2.05) is 18.2 Å². The molecule has 0 bridgehead atoms. The second kappa shape index (κ2) is 5.55. The van der Waals surface area contributed by atoms with Crippen LogP contribution in [0.1, 0.15) is 5.56 Å². The molecule has 7 heteroatoms. The lowest BCUT2D eigenvalue weighted by Gasteiger charge is -2.05. The van der Waals surface area contributed by atoms with Gasteiger partial charge in [-0.2, -0.15) is 0 Å². The minimum Gasteiger partial charge on any atom is -0.392 e. The second-order valence-electron chi connectivity index (χ2n) is 3.51. The topological polar surface area (TPSA) is 98.1 Å². The second-order valence-corrected chi connectivity index (χ2v) is 5.41. The highest BCUT2D eigenvalue weighted by Gasteiger charge is 2.06. The van der Waals surface area contributed by atoms with Gasteiger partial charge in [-0.3, -0.25) is 0 Å². The number of rotatable bonds is 3. The smallest absolute Gasteiger partial charge is 0.196 e. The first kappa shape index (κ1) is 13.1. The van der Waals surface area contributed by atoms with Crippen LogP contribution in [0, 0.1) is 0 Å². The highest BCUT2D eigenvalue weighted by molar-refractivity contribution is 9.10. The summed E-state index contributed by atoms with van der Waals surface area (Å²) in [5.41, 5.74) is 12.0. The minimum atomic E-state index is -0.00668. The third-order valence-electron chi connectivity index (χ3n) is 2.15. The normalized spacial score (nSPS) is 10.6. The molecular formula is C11H11BrN4OS. The molecule has 0 aliphatic rings. The molecule has 0 fully saturated rings. The number of benzene rings is 1. The lowest BCUT2D eigenvalue weighted by molar-refractivity contribution is 0.281. The molecule has 2 rings (SSSR count). The van der Waals surface area contributed by atoms with Crippen LogP contribution in [0.2, 0.25) is 0 Å². The number of nitrogen functional groups attached to an aromatic ring is 2. The molecule has 18 heavy (non-hydrogen) atoms. The quantitative estimate of drug-likeness (QED) is 0.747. The van der Waals surface area contributed by atoms with Gasteiger partial charge in [-0.1, -0.05) is 22.0 Å². The SMILES string of the molecule is Nc1cc(N)nc(Sc2ccc(CO)c(Br)c2)n1. The summed E-state index contributed by atoms with van der Waals surface area (Å²) >= 11 is 4.74. The van der Waals surface area contributed by atoms with Crippen molar-refractivity contribution in [3.8, 4) is 0 Å². The Morgan fingerprint density at radius 3 is 2.39 bits per heavy atom. The maximum atomic E-state index is 9.08. The summed E-state index contributed by atoms with van der Waals surface area (Å²) in [6.07, 6.45) is 0. The van der Waals surface area contributed by atoms with Crippen LogP contribution in [0.4, 0.5) is 11.6 Å². The van der Waals surface area contributed by atoms with Gasteiger partial charge in [0.25, 0.3) is 0 Å². The average Bonchev–Trinajstić information content (AvgIpc) is 2.27. The molecule has 0 unspecified atom stereocenters. The molecule has 2 aromatic rings. The summed E-state index contributed by atoms with van der Waals surface area (Å²) < 4.78 is 0.840. The van der Waals surface area contributed by atoms with E-state index < -0.39 is 0 Å². The van der Waals surface area contributed by atoms with Crippen molar-refractivity contribution in [2.24, 2.45) is 0 Å². The number of nitrogens with zero attached hydrogens (tertiary/aromatic N) is 2. The maximum absolute atomic E-state index is 9.08. The molecule has 0 atom stereocenters. The van der Waals surface area contributed by atoms with Crippen LogP contribution >= 0.6 is 27.7 Å². The zero-order valence-corrected chi connectivity index (χ0v) is 11.7. The van der Waals surface area contributed by atoms with Gasteiger partial charge >= 0.3 is 0 Å². The van der Waals surface area contributed by atoms with Crippen LogP contribution in [0.5, 0.6) is 0 Å². The predicted molar refractivity (Wildman–Crippen MR) is 75.0 cm³/mol. The van der Waals surface area contributed by atoms with Gasteiger partial charge in [-0.15, -0.1) is 0 Å². The van der Waals surface area contributed by atoms with Gasteiger partial charge in [0.1, 0.15) is 11.6 Å². The Balaban J connectivity index is 2.25. The minimum absolute atomic E-state index is 0.00668. The van der Waals surface area contributed by atoms with E-state index in [9.17, 15) is 0 Å². The number of hydrogen-bond acceptors (Lipinski definition) is 6. The molecule has 5 nitrogen and oxygen atoms in total. The van der Waals surface area contributed by atoms with Crippen LogP contribution in [0.25, 0.3) is 0 Å². The Bertz CT molecular complexity index is 559. The molecule has 0 spiro atoms. The number of halogens is 1. The molecule has 1 aromatic carbocycles. The zero-order chi connectivity index (χ0) is 13.1. The number of anilines is 2. The number of aromatic nitrogens is 2. The van der Waals surface area contributed by atoms with E-state index in [-0.39, 0.29) is 6.61 Å². The van der Waals surface area contributed by atoms with Gasteiger partial charge < -0.3 is 16.6 Å². The van der Waals surface area contributed by atoms with E-state index in [1.165, 1.54) is 17.8 Å². The molecule has 5 N–H and O–H groups in total. The Kier molecular flexibility index (Phi) is 4.05. The van der Waals surface area contributed by atoms with E-state index >= 15 is 0 Å². The number of nitrogens with two attached hydrogens (primary N) is 2. The Hall–Kier alpha value is -1.31. The fourth-order valence-electron chi connectivity index (χ4n) is 1.33. The highest BCUT2D eigenvalue weighted by atomic mass is 79.9. The van der Waals surface area contributed by atoms with Crippen LogP contribution < -0.4 is 11.5 Å². The molecule has 0 aliphatic heterocycles. The Labute approximate surface area is 117 Å². The first-order chi connectivity index (χ1) is 8.58. The molecule has 0 amide bonds. The lowest BCUT2D eigenvalue weighted by atomic mass is 10.2. The third kappa shape index (κ3) is 3.12. The van der Waals surface area contributed by atoms with E-state index in [0.29, 0.717) is 16.8 Å². The number of hydrogen-bond donors (Lipinski definition) is 3. The summed E-state index contributed by atoms with van der Waals surface area (Å²) in [6, 6.07) is 7.11. The molecule has 0 saturated heterocycles. The van der Waals surface area contributed by atoms with Crippen molar-refractivity contribution >= 4 is 39.3 Å². The highest BCUT2D eigenvalue weighted by Crippen LogP contribution is 2.29. The third-order valence-corrected chi connectivity index (χ3v) is 3.74. The van der Waals surface area contributed by atoms with Gasteiger partial charge in [0.05, 0.1) is 6.61 Å². The maximum Gasteiger partial charge on any atom is 0.196 e. The van der Waals surface area contributed by atoms with Crippen molar-refractivity contribution in [1.29, 1.82) is 0 Å². The fourth-order valence-corrected chi connectivity index (χ4v) is 2.81. The van der Waals surface area contributed by atoms with E-state index in [0.717, 1.165) is 14.9 Å². The van der Waals surface area contributed by atoms with Crippen molar-refractivity contribution in [2.45, 2.75) is 16.7 Å². The largest absolute Gasteiger partial charge is 0.392 e. The monoisotopic (exact) mass is 326 g/mol. The Morgan fingerprint density at radius 2 is 1.83 bits per heavy atom. The number of aliphatic hydroxyl groups excluding tert-OH is 1. The van der Waals surface area contributed by atoms with Gasteiger partial charge in [0, 0.05) is 15.4 Å². The van der Waals surface area contributed by atoms with Crippen molar-refractivity contribution < 1.29 is 5.11 Å². The summed E-state index contributed by atoms with van der Waals surface area (Å²) in [5.74, 6) is 0.687. The average molecular weight is 327 g/mol. The Morgan fingerprint density at radius 1 is 1.17 bits per heavy atom. The zero-order valence-electron chi connectivity index (χ0n) is 9.30.